The van der Waals surface area contributed by atoms with E-state index in [-0.39, 0.29) is 5.41 Å². The number of rotatable bonds is 5. The van der Waals surface area contributed by atoms with E-state index < -0.39 is 0 Å². The molecule has 0 bridgehead atoms. The maximum absolute atomic E-state index is 2.46. The Morgan fingerprint density at radius 1 is 0.392 bits per heavy atom. The second-order valence-corrected chi connectivity index (χ2v) is 15.2. The first kappa shape index (κ1) is 29.9. The SMILES string of the molecule is CC1(C)c2ccccc2-c2ccc(N(c3ccc(-c4ccccc4)cc3)c3cc(-c4ccccc4)c4ccc5c6ccccc6sc5c4c3)cc21. The number of thiophene rings is 1. The first-order valence-corrected chi connectivity index (χ1v) is 18.5. The summed E-state index contributed by atoms with van der Waals surface area (Å²) in [5, 5.41) is 5.19. The molecule has 242 valence electrons. The molecule has 0 saturated heterocycles. The summed E-state index contributed by atoms with van der Waals surface area (Å²) < 4.78 is 2.65. The van der Waals surface area contributed by atoms with E-state index in [0.29, 0.717) is 0 Å². The molecule has 0 aliphatic heterocycles. The van der Waals surface area contributed by atoms with Crippen LogP contribution < -0.4 is 4.90 Å². The molecule has 0 atom stereocenters. The van der Waals surface area contributed by atoms with Gasteiger partial charge in [-0.2, -0.15) is 0 Å². The van der Waals surface area contributed by atoms with Crippen LogP contribution in [0, 0.1) is 0 Å². The van der Waals surface area contributed by atoms with E-state index >= 15 is 0 Å². The molecular formula is C49H35NS. The Balaban J connectivity index is 1.24. The van der Waals surface area contributed by atoms with E-state index in [1.54, 1.807) is 0 Å². The highest BCUT2D eigenvalue weighted by atomic mass is 32.1. The monoisotopic (exact) mass is 669 g/mol. The maximum atomic E-state index is 2.46. The molecule has 1 aromatic heterocycles. The largest absolute Gasteiger partial charge is 0.310 e. The summed E-state index contributed by atoms with van der Waals surface area (Å²) in [6.07, 6.45) is 0. The average Bonchev–Trinajstić information content (AvgIpc) is 3.68. The molecule has 0 amide bonds. The van der Waals surface area contributed by atoms with Crippen LogP contribution in [0.2, 0.25) is 0 Å². The molecule has 0 spiro atoms. The number of fused-ring (bicyclic) bond motifs is 8. The molecule has 0 radical (unpaired) electrons. The van der Waals surface area contributed by atoms with Gasteiger partial charge in [-0.05, 0) is 92.4 Å². The van der Waals surface area contributed by atoms with Gasteiger partial charge < -0.3 is 4.90 Å². The van der Waals surface area contributed by atoms with Gasteiger partial charge in [0.25, 0.3) is 0 Å². The second kappa shape index (κ2) is 11.6. The fourth-order valence-electron chi connectivity index (χ4n) is 8.30. The Hall–Kier alpha value is -5.96. The first-order chi connectivity index (χ1) is 25.0. The number of benzene rings is 8. The summed E-state index contributed by atoms with van der Waals surface area (Å²) in [6.45, 7) is 4.73. The van der Waals surface area contributed by atoms with Gasteiger partial charge in [0.05, 0.1) is 0 Å². The van der Waals surface area contributed by atoms with Crippen molar-refractivity contribution in [2.75, 3.05) is 4.90 Å². The minimum Gasteiger partial charge on any atom is -0.310 e. The normalized spacial score (nSPS) is 13.1. The molecule has 51 heavy (non-hydrogen) atoms. The van der Waals surface area contributed by atoms with Crippen LogP contribution in [0.5, 0.6) is 0 Å². The molecule has 1 aliphatic carbocycles. The van der Waals surface area contributed by atoms with Crippen LogP contribution >= 0.6 is 11.3 Å². The number of hydrogen-bond donors (Lipinski definition) is 0. The minimum absolute atomic E-state index is 0.105. The molecule has 0 fully saturated rings. The lowest BCUT2D eigenvalue weighted by Crippen LogP contribution is -2.16. The number of hydrogen-bond acceptors (Lipinski definition) is 2. The minimum atomic E-state index is -0.105. The lowest BCUT2D eigenvalue weighted by Gasteiger charge is -2.29. The van der Waals surface area contributed by atoms with Gasteiger partial charge in [-0.15, -0.1) is 11.3 Å². The van der Waals surface area contributed by atoms with E-state index in [1.807, 2.05) is 11.3 Å². The Morgan fingerprint density at radius 3 is 1.82 bits per heavy atom. The molecule has 0 N–H and O–H groups in total. The van der Waals surface area contributed by atoms with E-state index in [9.17, 15) is 0 Å². The highest BCUT2D eigenvalue weighted by Gasteiger charge is 2.35. The third kappa shape index (κ3) is 4.75. The van der Waals surface area contributed by atoms with Crippen molar-refractivity contribution in [3.63, 3.8) is 0 Å². The van der Waals surface area contributed by atoms with Crippen molar-refractivity contribution in [1.29, 1.82) is 0 Å². The predicted octanol–water partition coefficient (Wildman–Crippen LogP) is 14.3. The van der Waals surface area contributed by atoms with Gasteiger partial charge in [-0.1, -0.05) is 147 Å². The standard InChI is InChI=1S/C49H35NS/c1-49(2)45-19-11-9-17-39(45)40-26-25-36(31-46(40)49)50(35-23-21-33(22-24-35)32-13-5-3-6-14-32)37-29-43(34-15-7-4-8-16-34)38-27-28-42-41-18-10-12-20-47(41)51-48(42)44(38)30-37/h3-31H,1-2H3. The third-order valence-electron chi connectivity index (χ3n) is 10.9. The summed E-state index contributed by atoms with van der Waals surface area (Å²) >= 11 is 1.90. The van der Waals surface area contributed by atoms with Crippen LogP contribution in [0.3, 0.4) is 0 Å². The van der Waals surface area contributed by atoms with Crippen molar-refractivity contribution < 1.29 is 0 Å². The molecule has 1 heterocycles. The van der Waals surface area contributed by atoms with Gasteiger partial charge in [0, 0.05) is 48.0 Å². The molecule has 1 nitrogen and oxygen atoms in total. The van der Waals surface area contributed by atoms with Crippen molar-refractivity contribution in [1.82, 2.24) is 0 Å². The third-order valence-corrected chi connectivity index (χ3v) is 12.1. The van der Waals surface area contributed by atoms with Crippen LogP contribution in [0.4, 0.5) is 17.1 Å². The topological polar surface area (TPSA) is 3.24 Å². The average molecular weight is 670 g/mol. The van der Waals surface area contributed by atoms with Crippen LogP contribution in [-0.2, 0) is 5.41 Å². The fraction of sp³-hybridized carbons (Fsp3) is 0.0612. The van der Waals surface area contributed by atoms with Crippen LogP contribution in [0.25, 0.3) is 64.3 Å². The Kier molecular flexibility index (Phi) is 6.78. The van der Waals surface area contributed by atoms with Crippen molar-refractivity contribution in [2.45, 2.75) is 19.3 Å². The highest BCUT2D eigenvalue weighted by molar-refractivity contribution is 7.26. The fourth-order valence-corrected chi connectivity index (χ4v) is 9.52. The van der Waals surface area contributed by atoms with Crippen molar-refractivity contribution >= 4 is 59.3 Å². The summed E-state index contributed by atoms with van der Waals surface area (Å²) in [7, 11) is 0. The number of nitrogens with zero attached hydrogens (tertiary/aromatic N) is 1. The van der Waals surface area contributed by atoms with Crippen LogP contribution in [0.15, 0.2) is 176 Å². The summed E-state index contributed by atoms with van der Waals surface area (Å²) in [5.74, 6) is 0. The molecule has 9 aromatic rings. The van der Waals surface area contributed by atoms with Crippen LogP contribution in [-0.4, -0.2) is 0 Å². The summed E-state index contributed by atoms with van der Waals surface area (Å²) in [6, 6.07) is 64.9. The zero-order valence-electron chi connectivity index (χ0n) is 28.6. The van der Waals surface area contributed by atoms with E-state index in [1.165, 1.54) is 75.5 Å². The smallest absolute Gasteiger partial charge is 0.0474 e. The van der Waals surface area contributed by atoms with Gasteiger partial charge >= 0.3 is 0 Å². The zero-order chi connectivity index (χ0) is 34.1. The predicted molar refractivity (Wildman–Crippen MR) is 220 cm³/mol. The Labute approximate surface area is 302 Å². The van der Waals surface area contributed by atoms with Gasteiger partial charge in [-0.25, -0.2) is 0 Å². The van der Waals surface area contributed by atoms with Crippen LogP contribution in [0.1, 0.15) is 25.0 Å². The first-order valence-electron chi connectivity index (χ1n) is 17.7. The van der Waals surface area contributed by atoms with Gasteiger partial charge in [0.1, 0.15) is 0 Å². The Morgan fingerprint density at radius 2 is 1.02 bits per heavy atom. The lowest BCUT2D eigenvalue weighted by molar-refractivity contribution is 0.660. The van der Waals surface area contributed by atoms with Gasteiger partial charge in [0.15, 0.2) is 0 Å². The van der Waals surface area contributed by atoms with E-state index in [4.69, 9.17) is 0 Å². The van der Waals surface area contributed by atoms with E-state index in [2.05, 4.69) is 195 Å². The Bertz CT molecular complexity index is 2760. The van der Waals surface area contributed by atoms with Crippen molar-refractivity contribution in [3.05, 3.63) is 187 Å². The van der Waals surface area contributed by atoms with Crippen molar-refractivity contribution in [2.24, 2.45) is 0 Å². The maximum Gasteiger partial charge on any atom is 0.0474 e. The molecule has 0 saturated carbocycles. The quantitative estimate of drug-likeness (QED) is 0.176. The molecule has 0 unspecified atom stereocenters. The molecule has 10 rings (SSSR count). The number of anilines is 3. The molecule has 1 aliphatic rings. The van der Waals surface area contributed by atoms with Gasteiger partial charge in [-0.3, -0.25) is 0 Å². The van der Waals surface area contributed by atoms with Crippen molar-refractivity contribution in [3.8, 4) is 33.4 Å². The lowest BCUT2D eigenvalue weighted by atomic mass is 9.82. The molecular weight excluding hydrogens is 635 g/mol. The van der Waals surface area contributed by atoms with Gasteiger partial charge in [0.2, 0.25) is 0 Å². The molecule has 8 aromatic carbocycles. The molecule has 2 heteroatoms. The highest BCUT2D eigenvalue weighted by Crippen LogP contribution is 2.51. The second-order valence-electron chi connectivity index (χ2n) is 14.1. The summed E-state index contributed by atoms with van der Waals surface area (Å²) in [4.78, 5) is 2.46. The van der Waals surface area contributed by atoms with E-state index in [0.717, 1.165) is 17.1 Å². The summed E-state index contributed by atoms with van der Waals surface area (Å²) in [5.41, 5.74) is 13.6. The zero-order valence-corrected chi connectivity index (χ0v) is 29.4.